The van der Waals surface area contributed by atoms with E-state index in [1.54, 1.807) is 0 Å². The van der Waals surface area contributed by atoms with Gasteiger partial charge in [-0.05, 0) is 19.3 Å². The summed E-state index contributed by atoms with van der Waals surface area (Å²) in [6, 6.07) is 0.459. The number of hydrogen-bond acceptors (Lipinski definition) is 1. The van der Waals surface area contributed by atoms with E-state index < -0.39 is 12.1 Å². The first-order chi connectivity index (χ1) is 8.32. The monoisotopic (exact) mass is 502 g/mol. The number of alkyl halides is 3. The predicted octanol–water partition coefficient (Wildman–Crippen LogP) is 4.29. The fraction of sp³-hybridized carbons (Fsp3) is 0.929. The molecule has 0 N–H and O–H groups in total. The quantitative estimate of drug-likeness (QED) is 0.484. The van der Waals surface area contributed by atoms with E-state index in [0.717, 1.165) is 19.5 Å². The number of rotatable bonds is 1. The van der Waals surface area contributed by atoms with Crippen LogP contribution in [0.1, 0.15) is 47.0 Å². The maximum atomic E-state index is 12.7. The minimum absolute atomic E-state index is 0. The molecule has 0 amide bonds. The Hall–Kier alpha value is 0.802. The molecule has 2 fully saturated rings. The molecule has 0 bridgehead atoms. The molecule has 112 valence electrons. The summed E-state index contributed by atoms with van der Waals surface area (Å²) in [6.45, 7) is 9.91. The van der Waals surface area contributed by atoms with E-state index in [-0.39, 0.29) is 36.5 Å². The fourth-order valence-electron chi connectivity index (χ4n) is 2.96. The average molecular weight is 502 g/mol. The van der Waals surface area contributed by atoms with Crippen molar-refractivity contribution in [2.75, 3.05) is 13.1 Å². The van der Waals surface area contributed by atoms with E-state index in [4.69, 9.17) is 0 Å². The van der Waals surface area contributed by atoms with Crippen LogP contribution in [-0.4, -0.2) is 30.2 Å². The first kappa shape index (κ1) is 19.8. The van der Waals surface area contributed by atoms with Gasteiger partial charge >= 0.3 is 6.18 Å². The summed E-state index contributed by atoms with van der Waals surface area (Å²) in [6.07, 6.45) is -0.715. The van der Waals surface area contributed by atoms with Gasteiger partial charge in [-0.1, -0.05) is 32.6 Å². The number of nitrogens with zero attached hydrogens (tertiary/aromatic N) is 1. The minimum atomic E-state index is -4.04. The normalized spacial score (nSPS) is 26.2. The third kappa shape index (κ3) is 4.93. The molecule has 0 radical (unpaired) electrons. The number of hydrogen-bond donors (Lipinski definition) is 0. The SMILES string of the molecule is CC.CC(C)N1CC2(CC[CH-][C@H](C(F)(F)F)C2)C1.[U]. The topological polar surface area (TPSA) is 3.24 Å². The molecule has 1 aliphatic heterocycles. The molecule has 1 saturated carbocycles. The Morgan fingerprint density at radius 3 is 2.16 bits per heavy atom. The van der Waals surface area contributed by atoms with E-state index in [0.29, 0.717) is 18.9 Å². The van der Waals surface area contributed by atoms with Crippen LogP contribution in [0, 0.1) is 48.9 Å². The van der Waals surface area contributed by atoms with Gasteiger partial charge in [0.15, 0.2) is 0 Å². The van der Waals surface area contributed by atoms with Crippen LogP contribution in [0.5, 0.6) is 0 Å². The molecular formula is C14H25F3NU-. The third-order valence-electron chi connectivity index (χ3n) is 4.01. The van der Waals surface area contributed by atoms with Gasteiger partial charge in [0.1, 0.15) is 0 Å². The van der Waals surface area contributed by atoms with Crippen LogP contribution in [0.15, 0.2) is 0 Å². The van der Waals surface area contributed by atoms with Crippen LogP contribution in [0.3, 0.4) is 0 Å². The Labute approximate surface area is 139 Å². The molecule has 19 heavy (non-hydrogen) atoms. The fourth-order valence-corrected chi connectivity index (χ4v) is 2.96. The Balaban J connectivity index is 0.00000103. The smallest absolute Gasteiger partial charge is 0.317 e. The molecule has 2 rings (SSSR count). The molecule has 1 heterocycles. The van der Waals surface area contributed by atoms with Gasteiger partial charge < -0.3 is 6.42 Å². The second kappa shape index (κ2) is 7.71. The Bertz CT molecular complexity index is 260. The van der Waals surface area contributed by atoms with Crippen LogP contribution in [0.4, 0.5) is 13.2 Å². The predicted molar refractivity (Wildman–Crippen MR) is 68.2 cm³/mol. The zero-order chi connectivity index (χ0) is 14.0. The van der Waals surface area contributed by atoms with Gasteiger partial charge in [0.25, 0.3) is 0 Å². The van der Waals surface area contributed by atoms with Gasteiger partial charge in [-0.2, -0.15) is 19.6 Å². The molecule has 1 spiro atoms. The molecule has 0 aromatic carbocycles. The second-order valence-electron chi connectivity index (χ2n) is 5.63. The molecule has 5 heteroatoms. The minimum Gasteiger partial charge on any atom is -0.317 e. The number of likely N-dealkylation sites (tertiary alicyclic amines) is 1. The summed E-state index contributed by atoms with van der Waals surface area (Å²) in [4.78, 5) is 2.26. The molecule has 1 saturated heterocycles. The van der Waals surface area contributed by atoms with Crippen LogP contribution < -0.4 is 0 Å². The first-order valence-corrected chi connectivity index (χ1v) is 6.97. The molecule has 1 aliphatic carbocycles. The van der Waals surface area contributed by atoms with Crippen molar-refractivity contribution >= 4 is 0 Å². The molecule has 0 unspecified atom stereocenters. The van der Waals surface area contributed by atoms with Gasteiger partial charge in [0.2, 0.25) is 0 Å². The molecular weight excluding hydrogens is 477 g/mol. The van der Waals surface area contributed by atoms with E-state index in [2.05, 4.69) is 18.7 Å². The zero-order valence-electron chi connectivity index (χ0n) is 12.3. The van der Waals surface area contributed by atoms with Crippen molar-refractivity contribution in [3.63, 3.8) is 0 Å². The van der Waals surface area contributed by atoms with E-state index in [9.17, 15) is 13.2 Å². The summed E-state index contributed by atoms with van der Waals surface area (Å²) < 4.78 is 38.0. The van der Waals surface area contributed by atoms with Crippen molar-refractivity contribution in [1.82, 2.24) is 4.90 Å². The van der Waals surface area contributed by atoms with Crippen molar-refractivity contribution in [3.05, 3.63) is 6.42 Å². The summed E-state index contributed by atoms with van der Waals surface area (Å²) in [5.41, 5.74) is -0.0425. The second-order valence-corrected chi connectivity index (χ2v) is 5.63. The van der Waals surface area contributed by atoms with Crippen LogP contribution in [0.2, 0.25) is 0 Å². The summed E-state index contributed by atoms with van der Waals surface area (Å²) in [5, 5.41) is 0. The van der Waals surface area contributed by atoms with Crippen LogP contribution >= 0.6 is 0 Å². The van der Waals surface area contributed by atoms with Crippen molar-refractivity contribution < 1.29 is 44.3 Å². The molecule has 0 aromatic rings. The summed E-state index contributed by atoms with van der Waals surface area (Å²) in [5.74, 6) is -1.17. The largest absolute Gasteiger partial charge is 0.365 e. The van der Waals surface area contributed by atoms with Crippen molar-refractivity contribution in [3.8, 4) is 0 Å². The number of halogens is 3. The van der Waals surface area contributed by atoms with E-state index >= 15 is 0 Å². The van der Waals surface area contributed by atoms with Crippen LogP contribution in [0.25, 0.3) is 0 Å². The van der Waals surface area contributed by atoms with Gasteiger partial charge in [0, 0.05) is 50.2 Å². The van der Waals surface area contributed by atoms with E-state index in [1.807, 2.05) is 13.8 Å². The van der Waals surface area contributed by atoms with Gasteiger partial charge in [0.05, 0.1) is 0 Å². The van der Waals surface area contributed by atoms with Crippen molar-refractivity contribution in [2.45, 2.75) is 59.2 Å². The average Bonchev–Trinajstić information content (AvgIpc) is 2.27. The first-order valence-electron chi connectivity index (χ1n) is 6.97. The van der Waals surface area contributed by atoms with Gasteiger partial charge in [-0.15, -0.1) is 0 Å². The maximum Gasteiger partial charge on any atom is 0.365 e. The van der Waals surface area contributed by atoms with Gasteiger partial charge in [-0.3, -0.25) is 4.90 Å². The maximum absolute atomic E-state index is 12.7. The Morgan fingerprint density at radius 1 is 1.21 bits per heavy atom. The Kier molecular flexibility index (Phi) is 8.03. The Morgan fingerprint density at radius 2 is 1.74 bits per heavy atom. The molecule has 1 atom stereocenters. The third-order valence-corrected chi connectivity index (χ3v) is 4.01. The van der Waals surface area contributed by atoms with Gasteiger partial charge in [-0.25, -0.2) is 0 Å². The molecule has 1 nitrogen and oxygen atoms in total. The van der Waals surface area contributed by atoms with Crippen molar-refractivity contribution in [2.24, 2.45) is 11.3 Å². The summed E-state index contributed by atoms with van der Waals surface area (Å²) in [7, 11) is 0. The van der Waals surface area contributed by atoms with Crippen molar-refractivity contribution in [1.29, 1.82) is 0 Å². The van der Waals surface area contributed by atoms with E-state index in [1.165, 1.54) is 6.42 Å². The molecule has 0 aromatic heterocycles. The summed E-state index contributed by atoms with van der Waals surface area (Å²) >= 11 is 0. The zero-order valence-corrected chi connectivity index (χ0v) is 16.5. The molecule has 2 aliphatic rings. The van der Waals surface area contributed by atoms with Crippen LogP contribution in [-0.2, 0) is 0 Å². The standard InChI is InChI=1S/C12H19F3N.C2H6.U/c1-9(2)16-7-11(8-16)5-3-4-10(6-11)12(13,14)15;1-2;/h4,9-10H,3,5-8H2,1-2H3;1-2H3;/q-1;;/t10-;;/m0../s1.